The van der Waals surface area contributed by atoms with Crippen LogP contribution in [0.1, 0.15) is 35.8 Å². The summed E-state index contributed by atoms with van der Waals surface area (Å²) >= 11 is 0. The van der Waals surface area contributed by atoms with Gasteiger partial charge in [0.15, 0.2) is 0 Å². The van der Waals surface area contributed by atoms with Crippen LogP contribution in [0.15, 0.2) is 65.9 Å². The molecule has 0 radical (unpaired) electrons. The minimum atomic E-state index is -0.812. The number of carbonyl (C=O) groups is 3. The fraction of sp³-hybridized carbons (Fsp3) is 0.190. The number of esters is 2. The Kier molecular flexibility index (Phi) is 5.74. The van der Waals surface area contributed by atoms with Gasteiger partial charge in [0.1, 0.15) is 5.75 Å². The van der Waals surface area contributed by atoms with E-state index in [0.717, 1.165) is 0 Å². The number of allylic oxidation sites excluding steroid dienone is 1. The smallest absolute Gasteiger partial charge is 0.343 e. The quantitative estimate of drug-likeness (QED) is 0.614. The molecule has 0 saturated carbocycles. The van der Waals surface area contributed by atoms with Crippen LogP contribution in [-0.4, -0.2) is 24.6 Å². The zero-order valence-corrected chi connectivity index (χ0v) is 15.5. The molecular weight excluding hydrogens is 360 g/mol. The molecule has 1 atom stereocenters. The Morgan fingerprint density at radius 1 is 1.00 bits per heavy atom. The molecule has 2 N–H and O–H groups in total. The second kappa shape index (κ2) is 8.39. The van der Waals surface area contributed by atoms with E-state index in [1.54, 1.807) is 68.4 Å². The van der Waals surface area contributed by atoms with Crippen molar-refractivity contribution in [2.24, 2.45) is 0 Å². The molecule has 0 aliphatic carbocycles. The minimum Gasteiger partial charge on any atom is -0.463 e. The van der Waals surface area contributed by atoms with Gasteiger partial charge in [0.2, 0.25) is 0 Å². The van der Waals surface area contributed by atoms with Crippen LogP contribution in [0.5, 0.6) is 5.75 Å². The highest BCUT2D eigenvalue weighted by atomic mass is 16.5. The second-order valence-corrected chi connectivity index (χ2v) is 6.08. The van der Waals surface area contributed by atoms with E-state index in [9.17, 15) is 14.4 Å². The summed E-state index contributed by atoms with van der Waals surface area (Å²) in [6.45, 7) is 3.52. The first-order chi connectivity index (χ1) is 13.5. The normalized spacial score (nSPS) is 16.1. The first-order valence-corrected chi connectivity index (χ1v) is 8.82. The first-order valence-electron chi connectivity index (χ1n) is 8.82. The van der Waals surface area contributed by atoms with Gasteiger partial charge in [-0.15, -0.1) is 0 Å². The number of amides is 2. The minimum absolute atomic E-state index is 0.195. The van der Waals surface area contributed by atoms with Crippen LogP contribution in [0.2, 0.25) is 0 Å². The van der Waals surface area contributed by atoms with Gasteiger partial charge in [-0.05, 0) is 32.0 Å². The highest BCUT2D eigenvalue weighted by Crippen LogP contribution is 2.33. The zero-order valence-electron chi connectivity index (χ0n) is 15.5. The highest BCUT2D eigenvalue weighted by Gasteiger charge is 2.34. The zero-order chi connectivity index (χ0) is 20.1. The average Bonchev–Trinajstić information content (AvgIpc) is 2.68. The third-order valence-electron chi connectivity index (χ3n) is 4.21. The topological polar surface area (TPSA) is 93.7 Å². The Bertz CT molecular complexity index is 937. The standard InChI is InChI=1S/C21H20N2O5/c1-3-27-20(25)17-13(2)22-21(26)23-18(17)15-11-7-8-12-16(15)28-19(24)14-9-5-4-6-10-14/h4-12,18H,3H2,1-2H3,(H2,22,23,26). The monoisotopic (exact) mass is 380 g/mol. The van der Waals surface area contributed by atoms with Gasteiger partial charge >= 0.3 is 18.0 Å². The lowest BCUT2D eigenvalue weighted by atomic mass is 9.95. The lowest BCUT2D eigenvalue weighted by Crippen LogP contribution is -2.45. The van der Waals surface area contributed by atoms with E-state index in [1.165, 1.54) is 0 Å². The number of hydrogen-bond donors (Lipinski definition) is 2. The molecule has 1 unspecified atom stereocenters. The number of para-hydroxylation sites is 1. The van der Waals surface area contributed by atoms with Crippen molar-refractivity contribution in [3.8, 4) is 5.75 Å². The lowest BCUT2D eigenvalue weighted by Gasteiger charge is -2.29. The van der Waals surface area contributed by atoms with Gasteiger partial charge in [-0.2, -0.15) is 0 Å². The van der Waals surface area contributed by atoms with E-state index in [2.05, 4.69) is 10.6 Å². The summed E-state index contributed by atoms with van der Waals surface area (Å²) in [5.74, 6) is -0.841. The number of ether oxygens (including phenoxy) is 2. The van der Waals surface area contributed by atoms with Gasteiger partial charge in [0.05, 0.1) is 23.8 Å². The number of carbonyl (C=O) groups excluding carboxylic acids is 3. The summed E-state index contributed by atoms with van der Waals surface area (Å²) in [6, 6.07) is 14.0. The predicted molar refractivity (Wildman–Crippen MR) is 102 cm³/mol. The van der Waals surface area contributed by atoms with E-state index < -0.39 is 24.0 Å². The van der Waals surface area contributed by atoms with Crippen molar-refractivity contribution < 1.29 is 23.9 Å². The molecule has 144 valence electrons. The third kappa shape index (κ3) is 4.03. The molecule has 2 amide bonds. The molecule has 0 bridgehead atoms. The number of hydrogen-bond acceptors (Lipinski definition) is 5. The molecule has 7 heteroatoms. The Labute approximate surface area is 162 Å². The Hall–Kier alpha value is -3.61. The van der Waals surface area contributed by atoms with Crippen molar-refractivity contribution in [1.82, 2.24) is 10.6 Å². The molecule has 2 aromatic rings. The number of rotatable bonds is 5. The maximum Gasteiger partial charge on any atom is 0.343 e. The summed E-state index contributed by atoms with van der Waals surface area (Å²) in [4.78, 5) is 37.0. The van der Waals surface area contributed by atoms with Crippen molar-refractivity contribution in [2.45, 2.75) is 19.9 Å². The molecular formula is C21H20N2O5. The van der Waals surface area contributed by atoms with E-state index in [4.69, 9.17) is 9.47 Å². The molecule has 1 heterocycles. The van der Waals surface area contributed by atoms with E-state index in [1.807, 2.05) is 0 Å². The Morgan fingerprint density at radius 2 is 1.68 bits per heavy atom. The Balaban J connectivity index is 1.98. The fourth-order valence-electron chi connectivity index (χ4n) is 2.95. The molecule has 0 aromatic heterocycles. The van der Waals surface area contributed by atoms with Gasteiger partial charge < -0.3 is 20.1 Å². The number of urea groups is 1. The van der Waals surface area contributed by atoms with E-state index in [-0.39, 0.29) is 17.9 Å². The van der Waals surface area contributed by atoms with Gasteiger partial charge in [0.25, 0.3) is 0 Å². The van der Waals surface area contributed by atoms with Crippen molar-refractivity contribution in [1.29, 1.82) is 0 Å². The molecule has 0 saturated heterocycles. The van der Waals surface area contributed by atoms with Crippen LogP contribution in [0.3, 0.4) is 0 Å². The fourth-order valence-corrected chi connectivity index (χ4v) is 2.95. The first kappa shape index (κ1) is 19.2. The summed E-state index contributed by atoms with van der Waals surface area (Å²) in [5.41, 5.74) is 1.51. The van der Waals surface area contributed by atoms with E-state index in [0.29, 0.717) is 16.8 Å². The van der Waals surface area contributed by atoms with Crippen LogP contribution in [0.4, 0.5) is 4.79 Å². The van der Waals surface area contributed by atoms with Gasteiger partial charge in [-0.3, -0.25) is 0 Å². The van der Waals surface area contributed by atoms with E-state index >= 15 is 0 Å². The maximum absolute atomic E-state index is 12.5. The lowest BCUT2D eigenvalue weighted by molar-refractivity contribution is -0.139. The van der Waals surface area contributed by atoms with Crippen LogP contribution in [-0.2, 0) is 9.53 Å². The summed E-state index contributed by atoms with van der Waals surface area (Å²) < 4.78 is 10.7. The SMILES string of the molecule is CCOC(=O)C1=C(C)NC(=O)NC1c1ccccc1OC(=O)c1ccccc1. The molecule has 28 heavy (non-hydrogen) atoms. The molecule has 0 spiro atoms. The van der Waals surface area contributed by atoms with Crippen molar-refractivity contribution >= 4 is 18.0 Å². The molecule has 7 nitrogen and oxygen atoms in total. The van der Waals surface area contributed by atoms with Gasteiger partial charge in [0, 0.05) is 11.3 Å². The maximum atomic E-state index is 12.5. The number of nitrogens with one attached hydrogen (secondary N) is 2. The molecule has 2 aromatic carbocycles. The molecule has 0 fully saturated rings. The summed E-state index contributed by atoms with van der Waals surface area (Å²) in [6.07, 6.45) is 0. The van der Waals surface area contributed by atoms with Gasteiger partial charge in [-0.1, -0.05) is 36.4 Å². The van der Waals surface area contributed by atoms with Crippen molar-refractivity contribution in [2.75, 3.05) is 6.61 Å². The molecule has 1 aliphatic heterocycles. The molecule has 1 aliphatic rings. The van der Waals surface area contributed by atoms with Gasteiger partial charge in [-0.25, -0.2) is 14.4 Å². The largest absolute Gasteiger partial charge is 0.463 e. The second-order valence-electron chi connectivity index (χ2n) is 6.08. The van der Waals surface area contributed by atoms with Crippen LogP contribution in [0, 0.1) is 0 Å². The highest BCUT2D eigenvalue weighted by molar-refractivity contribution is 5.95. The predicted octanol–water partition coefficient (Wildman–Crippen LogP) is 3.10. The summed E-state index contributed by atoms with van der Waals surface area (Å²) in [7, 11) is 0. The van der Waals surface area contributed by atoms with Crippen molar-refractivity contribution in [3.63, 3.8) is 0 Å². The molecule has 3 rings (SSSR count). The van der Waals surface area contributed by atoms with Crippen LogP contribution >= 0.6 is 0 Å². The third-order valence-corrected chi connectivity index (χ3v) is 4.21. The summed E-state index contributed by atoms with van der Waals surface area (Å²) in [5, 5.41) is 5.28. The average molecular weight is 380 g/mol. The number of benzene rings is 2. The van der Waals surface area contributed by atoms with Crippen molar-refractivity contribution in [3.05, 3.63) is 77.0 Å². The van der Waals surface area contributed by atoms with Crippen LogP contribution < -0.4 is 15.4 Å². The van der Waals surface area contributed by atoms with Crippen LogP contribution in [0.25, 0.3) is 0 Å². The Morgan fingerprint density at radius 3 is 2.39 bits per heavy atom.